The van der Waals surface area contributed by atoms with Crippen molar-refractivity contribution >= 4 is 42.1 Å². The minimum atomic E-state index is -0.111. The quantitative estimate of drug-likeness (QED) is 0.871. The fourth-order valence-electron chi connectivity index (χ4n) is 1.22. The van der Waals surface area contributed by atoms with Crippen molar-refractivity contribution in [1.82, 2.24) is 10.3 Å². The summed E-state index contributed by atoms with van der Waals surface area (Å²) in [5, 5.41) is 3.94. The van der Waals surface area contributed by atoms with Crippen LogP contribution in [0.4, 0.5) is 0 Å². The minimum absolute atomic E-state index is 0. The van der Waals surface area contributed by atoms with Crippen LogP contribution in [0.5, 0.6) is 0 Å². The van der Waals surface area contributed by atoms with Gasteiger partial charge in [-0.25, -0.2) is 4.98 Å². The Labute approximate surface area is 125 Å². The summed E-state index contributed by atoms with van der Waals surface area (Å²) >= 11 is 1.69. The molecule has 18 heavy (non-hydrogen) atoms. The number of nitrogens with zero attached hydrogens (tertiary/aromatic N) is 1. The van der Waals surface area contributed by atoms with Crippen molar-refractivity contribution in [1.29, 1.82) is 0 Å². The van der Waals surface area contributed by atoms with Crippen LogP contribution in [0.2, 0.25) is 0 Å². The van der Waals surface area contributed by atoms with Crippen LogP contribution >= 0.6 is 36.2 Å². The third-order valence-corrected chi connectivity index (χ3v) is 3.64. The van der Waals surface area contributed by atoms with E-state index in [1.165, 1.54) is 4.88 Å². The number of halogens is 2. The molecule has 0 saturated carbocycles. The predicted molar refractivity (Wildman–Crippen MR) is 81.0 cm³/mol. The van der Waals surface area contributed by atoms with E-state index in [4.69, 9.17) is 5.73 Å². The molecule has 0 radical (unpaired) electrons. The van der Waals surface area contributed by atoms with E-state index in [1.807, 2.05) is 13.8 Å². The number of nitrogens with two attached hydrogens (primary N) is 1. The molecule has 1 rings (SSSR count). The Hall–Kier alpha value is -0.360. The molecule has 1 unspecified atom stereocenters. The lowest BCUT2D eigenvalue weighted by atomic mass is 10.2. The molecule has 0 spiro atoms. The number of aromatic nitrogens is 1. The number of hydrogen-bond donors (Lipinski definition) is 2. The molecule has 106 valence electrons. The van der Waals surface area contributed by atoms with Crippen molar-refractivity contribution < 1.29 is 4.79 Å². The molecule has 0 fully saturated rings. The van der Waals surface area contributed by atoms with Gasteiger partial charge < -0.3 is 11.1 Å². The lowest BCUT2D eigenvalue weighted by Gasteiger charge is -2.08. The van der Waals surface area contributed by atoms with Gasteiger partial charge in [0.1, 0.15) is 0 Å². The molecule has 0 aliphatic heterocycles. The summed E-state index contributed by atoms with van der Waals surface area (Å²) in [6, 6.07) is 0. The summed E-state index contributed by atoms with van der Waals surface area (Å²) < 4.78 is 0. The molecule has 1 amide bonds. The molecule has 3 N–H and O–H groups in total. The largest absolute Gasteiger partial charge is 0.355 e. The molecule has 1 aromatic heterocycles. The standard InChI is InChI=1S/C11H19N3OS.2ClH/c1-7(6-12)11(15)13-5-4-10-14-8(2)9(3)16-10;;/h7H,4-6,12H2,1-3H3,(H,13,15);2*1H. The highest BCUT2D eigenvalue weighted by molar-refractivity contribution is 7.11. The highest BCUT2D eigenvalue weighted by atomic mass is 35.5. The van der Waals surface area contributed by atoms with Crippen molar-refractivity contribution in [3.8, 4) is 0 Å². The normalized spacial score (nSPS) is 11.1. The summed E-state index contributed by atoms with van der Waals surface area (Å²) in [6.07, 6.45) is 0.794. The van der Waals surface area contributed by atoms with Gasteiger partial charge in [0, 0.05) is 30.3 Å². The third-order valence-electron chi connectivity index (χ3n) is 2.51. The van der Waals surface area contributed by atoms with Crippen LogP contribution in [0.15, 0.2) is 0 Å². The van der Waals surface area contributed by atoms with Crippen LogP contribution in [-0.4, -0.2) is 24.0 Å². The van der Waals surface area contributed by atoms with Gasteiger partial charge in [0.2, 0.25) is 5.91 Å². The minimum Gasteiger partial charge on any atom is -0.355 e. The number of nitrogens with one attached hydrogen (secondary N) is 1. The first-order chi connectivity index (χ1) is 7.54. The molecule has 0 saturated heterocycles. The fraction of sp³-hybridized carbons (Fsp3) is 0.636. The number of carbonyl (C=O) groups is 1. The van der Waals surface area contributed by atoms with Crippen LogP contribution in [0, 0.1) is 19.8 Å². The van der Waals surface area contributed by atoms with Gasteiger partial charge in [-0.15, -0.1) is 36.2 Å². The molecule has 1 heterocycles. The fourth-order valence-corrected chi connectivity index (χ4v) is 2.15. The van der Waals surface area contributed by atoms with E-state index >= 15 is 0 Å². The van der Waals surface area contributed by atoms with E-state index in [1.54, 1.807) is 11.3 Å². The number of hydrogen-bond acceptors (Lipinski definition) is 4. The van der Waals surface area contributed by atoms with Gasteiger partial charge in [0.25, 0.3) is 0 Å². The molecule has 7 heteroatoms. The first-order valence-electron chi connectivity index (χ1n) is 5.45. The van der Waals surface area contributed by atoms with E-state index in [9.17, 15) is 4.79 Å². The second-order valence-electron chi connectivity index (χ2n) is 3.93. The lowest BCUT2D eigenvalue weighted by molar-refractivity contribution is -0.124. The maximum atomic E-state index is 11.4. The van der Waals surface area contributed by atoms with Crippen LogP contribution in [0.1, 0.15) is 22.5 Å². The topological polar surface area (TPSA) is 68.0 Å². The number of amides is 1. The number of aryl methyl sites for hydroxylation is 2. The zero-order valence-corrected chi connectivity index (χ0v) is 13.3. The Morgan fingerprint density at radius 1 is 1.44 bits per heavy atom. The molecule has 0 aliphatic rings. The van der Waals surface area contributed by atoms with Crippen molar-refractivity contribution in [3.63, 3.8) is 0 Å². The smallest absolute Gasteiger partial charge is 0.224 e. The highest BCUT2D eigenvalue weighted by Gasteiger charge is 2.10. The van der Waals surface area contributed by atoms with Crippen molar-refractivity contribution in [2.24, 2.45) is 11.7 Å². The number of thiazole rings is 1. The summed E-state index contributed by atoms with van der Waals surface area (Å²) in [5.41, 5.74) is 6.49. The van der Waals surface area contributed by atoms with Crippen molar-refractivity contribution in [2.75, 3.05) is 13.1 Å². The van der Waals surface area contributed by atoms with Crippen LogP contribution in [0.25, 0.3) is 0 Å². The van der Waals surface area contributed by atoms with Crippen LogP contribution < -0.4 is 11.1 Å². The maximum Gasteiger partial charge on any atom is 0.224 e. The first kappa shape index (κ1) is 20.0. The zero-order chi connectivity index (χ0) is 12.1. The Morgan fingerprint density at radius 3 is 2.50 bits per heavy atom. The van der Waals surface area contributed by atoms with Gasteiger partial charge in [-0.2, -0.15) is 0 Å². The average Bonchev–Trinajstić information content (AvgIpc) is 2.57. The van der Waals surface area contributed by atoms with Gasteiger partial charge in [-0.05, 0) is 13.8 Å². The van der Waals surface area contributed by atoms with Gasteiger partial charge in [0.05, 0.1) is 10.7 Å². The third kappa shape index (κ3) is 6.00. The Morgan fingerprint density at radius 2 is 2.06 bits per heavy atom. The van der Waals surface area contributed by atoms with Gasteiger partial charge in [0.15, 0.2) is 0 Å². The van der Waals surface area contributed by atoms with Gasteiger partial charge in [-0.1, -0.05) is 6.92 Å². The Bertz CT molecular complexity index is 352. The molecule has 0 aromatic carbocycles. The van der Waals surface area contributed by atoms with E-state index in [0.29, 0.717) is 13.1 Å². The molecule has 0 aliphatic carbocycles. The van der Waals surface area contributed by atoms with E-state index in [-0.39, 0.29) is 36.6 Å². The number of rotatable bonds is 5. The Kier molecular flexibility index (Phi) is 10.6. The molecular formula is C11H21Cl2N3OS. The highest BCUT2D eigenvalue weighted by Crippen LogP contribution is 2.16. The molecule has 1 aromatic rings. The van der Waals surface area contributed by atoms with Crippen molar-refractivity contribution in [2.45, 2.75) is 27.2 Å². The summed E-state index contributed by atoms with van der Waals surface area (Å²) in [4.78, 5) is 17.1. The second kappa shape index (κ2) is 9.55. The predicted octanol–water partition coefficient (Wildman–Crippen LogP) is 1.86. The summed E-state index contributed by atoms with van der Waals surface area (Å²) in [6.45, 7) is 6.92. The monoisotopic (exact) mass is 313 g/mol. The number of carbonyl (C=O) groups excluding carboxylic acids is 1. The van der Waals surface area contributed by atoms with Gasteiger partial charge >= 0.3 is 0 Å². The first-order valence-corrected chi connectivity index (χ1v) is 6.27. The maximum absolute atomic E-state index is 11.4. The van der Waals surface area contributed by atoms with Crippen LogP contribution in [-0.2, 0) is 11.2 Å². The SMILES string of the molecule is Cc1nc(CCNC(=O)C(C)CN)sc1C.Cl.Cl. The zero-order valence-electron chi connectivity index (χ0n) is 10.9. The molecule has 0 bridgehead atoms. The average molecular weight is 314 g/mol. The Balaban J connectivity index is 0. The van der Waals surface area contributed by atoms with Gasteiger partial charge in [-0.3, -0.25) is 4.79 Å². The second-order valence-corrected chi connectivity index (χ2v) is 5.21. The molecule has 4 nitrogen and oxygen atoms in total. The van der Waals surface area contributed by atoms with E-state index in [2.05, 4.69) is 17.2 Å². The van der Waals surface area contributed by atoms with Crippen LogP contribution in [0.3, 0.4) is 0 Å². The van der Waals surface area contributed by atoms with E-state index in [0.717, 1.165) is 17.1 Å². The van der Waals surface area contributed by atoms with E-state index < -0.39 is 0 Å². The summed E-state index contributed by atoms with van der Waals surface area (Å²) in [7, 11) is 0. The molecular weight excluding hydrogens is 293 g/mol. The van der Waals surface area contributed by atoms with Crippen molar-refractivity contribution in [3.05, 3.63) is 15.6 Å². The molecule has 1 atom stereocenters. The lowest BCUT2D eigenvalue weighted by Crippen LogP contribution is -2.34. The summed E-state index contributed by atoms with van der Waals surface area (Å²) in [5.74, 6) is -0.0905.